The number of ketones is 2. The Morgan fingerprint density at radius 1 is 1.07 bits per heavy atom. The Labute approximate surface area is 254 Å². The summed E-state index contributed by atoms with van der Waals surface area (Å²) in [5.74, 6) is -9.20. The maximum Gasteiger partial charge on any atom is 0.255 e. The first-order valence-corrected chi connectivity index (χ1v) is 14.6. The number of hydrogen-bond acceptors (Lipinski definition) is 11. The van der Waals surface area contributed by atoms with E-state index in [2.05, 4.69) is 10.3 Å². The third-order valence-electron chi connectivity index (χ3n) is 8.88. The van der Waals surface area contributed by atoms with Crippen LogP contribution in [0.15, 0.2) is 64.4 Å². The highest BCUT2D eigenvalue weighted by atomic mass is 32.1. The molecule has 2 aromatic carbocycles. The number of carbonyl (C=O) groups excluding carboxylic acids is 3. The topological polar surface area (TPSA) is 186 Å². The first kappa shape index (κ1) is 29.5. The molecule has 0 saturated carbocycles. The van der Waals surface area contributed by atoms with Gasteiger partial charge in [0.25, 0.3) is 5.91 Å². The molecule has 6 rings (SSSR count). The van der Waals surface area contributed by atoms with Crippen LogP contribution in [0.4, 0.5) is 15.2 Å². The van der Waals surface area contributed by atoms with Gasteiger partial charge in [-0.3, -0.25) is 19.3 Å². The maximum atomic E-state index is 14.0. The van der Waals surface area contributed by atoms with E-state index >= 15 is 0 Å². The Kier molecular flexibility index (Phi) is 7.06. The Hall–Kier alpha value is -4.59. The van der Waals surface area contributed by atoms with Gasteiger partial charge in [-0.25, -0.2) is 9.37 Å². The fourth-order valence-electron chi connectivity index (χ4n) is 6.91. The van der Waals surface area contributed by atoms with Crippen molar-refractivity contribution in [3.05, 3.63) is 81.4 Å². The van der Waals surface area contributed by atoms with Gasteiger partial charge < -0.3 is 31.5 Å². The number of rotatable bonds is 5. The highest BCUT2D eigenvalue weighted by Crippen LogP contribution is 2.54. The number of aromatic hydroxyl groups is 1. The number of phenols is 1. The molecule has 1 aromatic heterocycles. The molecule has 1 heterocycles. The van der Waals surface area contributed by atoms with Crippen molar-refractivity contribution in [3.63, 3.8) is 0 Å². The minimum atomic E-state index is -1.52. The molecule has 0 radical (unpaired) electrons. The number of hydrogen-bond donors (Lipinski definition) is 6. The number of aromatic nitrogens is 1. The van der Waals surface area contributed by atoms with E-state index in [-0.39, 0.29) is 22.6 Å². The summed E-state index contributed by atoms with van der Waals surface area (Å²) in [4.78, 5) is 45.7. The molecular formula is C31H29FN4O7S. The number of benzene rings is 2. The number of fused-ring (bicyclic) bond motifs is 3. The molecule has 6 atom stereocenters. The van der Waals surface area contributed by atoms with Crippen molar-refractivity contribution in [1.29, 1.82) is 0 Å². The van der Waals surface area contributed by atoms with Crippen LogP contribution in [0.1, 0.15) is 28.8 Å². The lowest BCUT2D eigenvalue weighted by molar-refractivity contribution is -0.131. The number of nitrogens with one attached hydrogen (secondary N) is 1. The fraction of sp³-hybridized carbons (Fsp3) is 0.290. The number of aliphatic hydroxyl groups is 3. The highest BCUT2D eigenvalue weighted by Gasteiger charge is 2.59. The number of Topliss-reactive ketones (excluding diaryl/α,β-unsaturated/α-hetero) is 2. The minimum Gasteiger partial charge on any atom is -0.511 e. The van der Waals surface area contributed by atoms with E-state index in [9.17, 15) is 39.2 Å². The zero-order chi connectivity index (χ0) is 31.8. The smallest absolute Gasteiger partial charge is 0.255 e. The standard InChI is InChI=1S/C31H29FN4O7S/c1-11-14-8-9-15(34-31-35-16(10-44-31)12-4-6-13(32)7-5-12)24(37)18(14)26(39)20-17(11)25(38)19-21(27(20)40)28(41)22(30(33)43)29(42)23(19)36(2)3/h4-11,17,19,21,23,25,37-38,40,42H,1-3H3,(H2,33,43)(H,34,35)/t11-,17?,19?,21?,23-,25-/m0/s1. The van der Waals surface area contributed by atoms with Crippen molar-refractivity contribution in [1.82, 2.24) is 9.88 Å². The van der Waals surface area contributed by atoms with Crippen molar-refractivity contribution >= 4 is 39.6 Å². The summed E-state index contributed by atoms with van der Waals surface area (Å²) >= 11 is 1.23. The molecule has 0 spiro atoms. The van der Waals surface area contributed by atoms with Gasteiger partial charge in [0.1, 0.15) is 22.9 Å². The summed E-state index contributed by atoms with van der Waals surface area (Å²) in [6.07, 6.45) is -1.40. The average molecular weight is 621 g/mol. The van der Waals surface area contributed by atoms with Crippen molar-refractivity contribution < 1.29 is 39.2 Å². The number of anilines is 2. The van der Waals surface area contributed by atoms with Gasteiger partial charge in [0.15, 0.2) is 22.4 Å². The zero-order valence-corrected chi connectivity index (χ0v) is 24.6. The Morgan fingerprint density at radius 3 is 2.39 bits per heavy atom. The average Bonchev–Trinajstić information content (AvgIpc) is 3.42. The third kappa shape index (κ3) is 4.30. The molecule has 0 saturated heterocycles. The Bertz CT molecular complexity index is 1800. The molecule has 228 valence electrons. The Balaban J connectivity index is 1.41. The summed E-state index contributed by atoms with van der Waals surface area (Å²) < 4.78 is 13.3. The van der Waals surface area contributed by atoms with E-state index in [0.717, 1.165) is 0 Å². The first-order chi connectivity index (χ1) is 20.8. The van der Waals surface area contributed by atoms with Crippen molar-refractivity contribution in [2.24, 2.45) is 23.5 Å². The summed E-state index contributed by atoms with van der Waals surface area (Å²) in [6, 6.07) is 7.98. The minimum absolute atomic E-state index is 0.109. The molecule has 0 bridgehead atoms. The lowest BCUT2D eigenvalue weighted by Crippen LogP contribution is -2.59. The van der Waals surface area contributed by atoms with Crippen LogP contribution in [0.25, 0.3) is 11.3 Å². The van der Waals surface area contributed by atoms with Crippen LogP contribution in [0, 0.1) is 23.6 Å². The number of likely N-dealkylation sites (N-methyl/N-ethyl adjacent to an activating group) is 1. The highest BCUT2D eigenvalue weighted by molar-refractivity contribution is 7.14. The lowest BCUT2D eigenvalue weighted by atomic mass is 9.57. The van der Waals surface area contributed by atoms with Gasteiger partial charge in [-0.1, -0.05) is 13.0 Å². The second kappa shape index (κ2) is 10.5. The van der Waals surface area contributed by atoms with Crippen molar-refractivity contribution in [2.45, 2.75) is 25.0 Å². The molecule has 1 amide bonds. The SMILES string of the molecule is C[C@H]1c2ccc(Nc3nc(-c4ccc(F)cc4)cs3)c(O)c2C(=O)C2=C(O)C3C(=O)C(C(N)=O)=C(O)[C@@H](N(C)C)C3[C@@H](O)C21. The number of amides is 1. The number of nitrogens with zero attached hydrogens (tertiary/aromatic N) is 2. The van der Waals surface area contributed by atoms with Crippen LogP contribution in [0.2, 0.25) is 0 Å². The van der Waals surface area contributed by atoms with Crippen molar-refractivity contribution in [3.8, 4) is 17.0 Å². The van der Waals surface area contributed by atoms with Gasteiger partial charge >= 0.3 is 0 Å². The monoisotopic (exact) mass is 620 g/mol. The number of phenolic OH excluding ortho intramolecular Hbond substituents is 1. The van der Waals surface area contributed by atoms with E-state index < -0.39 is 76.1 Å². The second-order valence-electron chi connectivity index (χ2n) is 11.5. The quantitative estimate of drug-likeness (QED) is 0.182. The molecule has 7 N–H and O–H groups in total. The fourth-order valence-corrected chi connectivity index (χ4v) is 7.64. The van der Waals surface area contributed by atoms with Crippen LogP contribution in [-0.4, -0.2) is 74.0 Å². The maximum absolute atomic E-state index is 14.0. The van der Waals surface area contributed by atoms with E-state index in [1.54, 1.807) is 50.7 Å². The number of thiazole rings is 1. The van der Waals surface area contributed by atoms with Gasteiger partial charge in [-0.05, 0) is 55.9 Å². The largest absolute Gasteiger partial charge is 0.511 e. The van der Waals surface area contributed by atoms with Crippen molar-refractivity contribution in [2.75, 3.05) is 19.4 Å². The van der Waals surface area contributed by atoms with Gasteiger partial charge in [0, 0.05) is 28.4 Å². The summed E-state index contributed by atoms with van der Waals surface area (Å²) in [7, 11) is 3.16. The van der Waals surface area contributed by atoms with Crippen LogP contribution in [0.5, 0.6) is 5.75 Å². The number of aliphatic hydroxyl groups excluding tert-OH is 3. The first-order valence-electron chi connectivity index (χ1n) is 13.8. The second-order valence-corrected chi connectivity index (χ2v) is 12.3. The lowest BCUT2D eigenvalue weighted by Gasteiger charge is -2.50. The predicted molar refractivity (Wildman–Crippen MR) is 159 cm³/mol. The van der Waals surface area contributed by atoms with Gasteiger partial charge in [-0.2, -0.15) is 0 Å². The summed E-state index contributed by atoms with van der Waals surface area (Å²) in [5, 5.41) is 50.6. The normalized spacial score (nSPS) is 26.4. The molecule has 0 aliphatic heterocycles. The van der Waals surface area contributed by atoms with Gasteiger partial charge in [0.05, 0.1) is 35.0 Å². The number of primary amides is 1. The molecular weight excluding hydrogens is 591 g/mol. The number of carbonyl (C=O) groups is 3. The summed E-state index contributed by atoms with van der Waals surface area (Å²) in [5.41, 5.74) is 6.21. The molecule has 3 aromatic rings. The Morgan fingerprint density at radius 2 is 1.75 bits per heavy atom. The molecule has 3 aliphatic rings. The van der Waals surface area contributed by atoms with E-state index in [1.165, 1.54) is 28.4 Å². The predicted octanol–water partition coefficient (Wildman–Crippen LogP) is 3.54. The van der Waals surface area contributed by atoms with Gasteiger partial charge in [0.2, 0.25) is 0 Å². The molecule has 3 unspecified atom stereocenters. The van der Waals surface area contributed by atoms with E-state index in [0.29, 0.717) is 22.0 Å². The van der Waals surface area contributed by atoms with Crippen LogP contribution >= 0.6 is 11.3 Å². The van der Waals surface area contributed by atoms with Crippen LogP contribution in [0.3, 0.4) is 0 Å². The number of halogens is 1. The number of nitrogens with two attached hydrogens (primary N) is 1. The molecule has 0 fully saturated rings. The van der Waals surface area contributed by atoms with E-state index in [4.69, 9.17) is 5.73 Å². The van der Waals surface area contributed by atoms with Gasteiger partial charge in [-0.15, -0.1) is 11.3 Å². The van der Waals surface area contributed by atoms with Crippen LogP contribution in [-0.2, 0) is 9.59 Å². The van der Waals surface area contributed by atoms with Crippen LogP contribution < -0.4 is 11.1 Å². The summed E-state index contributed by atoms with van der Waals surface area (Å²) in [6.45, 7) is 1.73. The molecule has 13 heteroatoms. The molecule has 3 aliphatic carbocycles. The van der Waals surface area contributed by atoms with E-state index in [1.807, 2.05) is 0 Å². The number of allylic oxidation sites excluding steroid dienone is 1. The third-order valence-corrected chi connectivity index (χ3v) is 9.64. The molecule has 11 nitrogen and oxygen atoms in total. The zero-order valence-electron chi connectivity index (χ0n) is 23.8. The molecule has 44 heavy (non-hydrogen) atoms.